The summed E-state index contributed by atoms with van der Waals surface area (Å²) in [5.74, 6) is -8.31. The fraction of sp³-hybridized carbons (Fsp3) is 0.643. The first-order valence-corrected chi connectivity index (χ1v) is 7.18. The summed E-state index contributed by atoms with van der Waals surface area (Å²) in [6, 6.07) is 0. The van der Waals surface area contributed by atoms with Gasteiger partial charge in [0.05, 0.1) is 37.1 Å². The van der Waals surface area contributed by atoms with Gasteiger partial charge in [0.2, 0.25) is 0 Å². The lowest BCUT2D eigenvalue weighted by Crippen LogP contribution is -2.75. The van der Waals surface area contributed by atoms with E-state index < -0.39 is 29.9 Å². The highest BCUT2D eigenvalue weighted by molar-refractivity contribution is 5.43. The van der Waals surface area contributed by atoms with E-state index in [1.165, 1.54) is 13.1 Å². The van der Waals surface area contributed by atoms with Crippen LogP contribution in [0.5, 0.6) is 5.75 Å². The Morgan fingerprint density at radius 2 is 1.52 bits per heavy atom. The summed E-state index contributed by atoms with van der Waals surface area (Å²) in [5.41, 5.74) is 0.183. The lowest BCUT2D eigenvalue weighted by atomic mass is 9.80. The van der Waals surface area contributed by atoms with Gasteiger partial charge in [0.15, 0.2) is 17.4 Å². The van der Waals surface area contributed by atoms with Gasteiger partial charge in [-0.3, -0.25) is 19.2 Å². The van der Waals surface area contributed by atoms with Crippen LogP contribution in [0.15, 0.2) is 6.20 Å². The quantitative estimate of drug-likeness (QED) is 0.463. The normalized spacial score (nSPS) is 44.7. The van der Waals surface area contributed by atoms with Crippen molar-refractivity contribution in [1.82, 2.24) is 4.98 Å². The first kappa shape index (κ1) is 15.2. The maximum atomic E-state index is 10.5. The summed E-state index contributed by atoms with van der Waals surface area (Å²) >= 11 is 0. The molecule has 0 radical (unpaired) electrons. The summed E-state index contributed by atoms with van der Waals surface area (Å²) in [6.45, 7) is 0.988. The number of hydrogen-bond acceptors (Lipinski definition) is 9. The molecule has 4 bridgehead atoms. The molecule has 1 aromatic heterocycles. The highest BCUT2D eigenvalue weighted by atomic mass is 17.0. The van der Waals surface area contributed by atoms with E-state index in [4.69, 9.17) is 14.2 Å². The summed E-state index contributed by atoms with van der Waals surface area (Å²) in [4.78, 5) is 3.93. The standard InChI is InChI=1S/C14H17NO8/c1-7-10(17)9(8(3-16)2-15-7)14-21-11(18)4-12(19,22-14)6-13(20,5-11)23-14/h2,16-20H,3-6H2,1H3. The van der Waals surface area contributed by atoms with E-state index in [2.05, 4.69) is 4.98 Å². The molecule has 3 aliphatic heterocycles. The summed E-state index contributed by atoms with van der Waals surface area (Å²) in [5, 5.41) is 51.4. The molecule has 126 valence electrons. The van der Waals surface area contributed by atoms with Gasteiger partial charge in [-0.15, -0.1) is 0 Å². The van der Waals surface area contributed by atoms with Crippen molar-refractivity contribution in [2.24, 2.45) is 0 Å². The average Bonchev–Trinajstić information content (AvgIpc) is 2.35. The van der Waals surface area contributed by atoms with Crippen molar-refractivity contribution in [2.45, 2.75) is 56.1 Å². The van der Waals surface area contributed by atoms with Crippen LogP contribution >= 0.6 is 0 Å². The second kappa shape index (κ2) is 4.19. The van der Waals surface area contributed by atoms with Crippen molar-refractivity contribution in [1.29, 1.82) is 0 Å². The number of hydrogen-bond donors (Lipinski definition) is 5. The van der Waals surface area contributed by atoms with Crippen LogP contribution in [0.25, 0.3) is 0 Å². The Morgan fingerprint density at radius 3 is 1.96 bits per heavy atom. The highest BCUT2D eigenvalue weighted by Crippen LogP contribution is 2.61. The van der Waals surface area contributed by atoms with Gasteiger partial charge in [0.25, 0.3) is 0 Å². The van der Waals surface area contributed by atoms with Gasteiger partial charge in [-0.25, -0.2) is 0 Å². The third kappa shape index (κ3) is 2.02. The summed E-state index contributed by atoms with van der Waals surface area (Å²) < 4.78 is 16.5. The molecule has 1 aromatic rings. The van der Waals surface area contributed by atoms with E-state index in [-0.39, 0.29) is 41.8 Å². The van der Waals surface area contributed by atoms with Gasteiger partial charge in [-0.1, -0.05) is 0 Å². The second-order valence-electron chi connectivity index (χ2n) is 6.48. The molecule has 0 amide bonds. The van der Waals surface area contributed by atoms with Crippen molar-refractivity contribution in [3.05, 3.63) is 23.0 Å². The number of aryl methyl sites for hydroxylation is 1. The average molecular weight is 327 g/mol. The zero-order valence-corrected chi connectivity index (χ0v) is 12.3. The van der Waals surface area contributed by atoms with E-state index in [9.17, 15) is 25.5 Å². The first-order chi connectivity index (χ1) is 10.6. The topological polar surface area (TPSA) is 142 Å². The molecule has 9 heteroatoms. The lowest BCUT2D eigenvalue weighted by Gasteiger charge is -2.63. The zero-order valence-electron chi connectivity index (χ0n) is 12.3. The van der Waals surface area contributed by atoms with Crippen molar-refractivity contribution in [2.75, 3.05) is 0 Å². The van der Waals surface area contributed by atoms with Crippen LogP contribution in [0.4, 0.5) is 0 Å². The number of aliphatic hydroxyl groups excluding tert-OH is 1. The van der Waals surface area contributed by atoms with Crippen LogP contribution < -0.4 is 0 Å². The van der Waals surface area contributed by atoms with Crippen LogP contribution in [0.3, 0.4) is 0 Å². The minimum atomic E-state index is -2.25. The van der Waals surface area contributed by atoms with E-state index >= 15 is 0 Å². The molecule has 4 heterocycles. The molecule has 0 aromatic carbocycles. The van der Waals surface area contributed by atoms with Gasteiger partial charge in [0.1, 0.15) is 5.75 Å². The minimum Gasteiger partial charge on any atom is -0.505 e. The molecule has 5 N–H and O–H groups in total. The molecule has 4 fully saturated rings. The fourth-order valence-electron chi connectivity index (χ4n) is 3.76. The maximum Gasteiger partial charge on any atom is 0.323 e. The predicted octanol–water partition coefficient (Wildman–Crippen LogP) is -0.975. The number of pyridine rings is 1. The molecular weight excluding hydrogens is 310 g/mol. The Morgan fingerprint density at radius 1 is 1.04 bits per heavy atom. The predicted molar refractivity (Wildman–Crippen MR) is 70.2 cm³/mol. The number of rotatable bonds is 2. The van der Waals surface area contributed by atoms with Crippen molar-refractivity contribution >= 4 is 0 Å². The summed E-state index contributed by atoms with van der Waals surface area (Å²) in [6.07, 6.45) is 0.476. The third-order valence-corrected chi connectivity index (χ3v) is 4.42. The number of aromatic nitrogens is 1. The monoisotopic (exact) mass is 327 g/mol. The third-order valence-electron chi connectivity index (χ3n) is 4.42. The smallest absolute Gasteiger partial charge is 0.323 e. The van der Waals surface area contributed by atoms with Gasteiger partial charge in [-0.2, -0.15) is 0 Å². The molecule has 0 unspecified atom stereocenters. The molecular formula is C14H17NO8. The molecule has 4 aliphatic rings. The number of ether oxygens (including phenoxy) is 3. The van der Waals surface area contributed by atoms with Gasteiger partial charge >= 0.3 is 5.97 Å². The molecule has 0 atom stereocenters. The maximum absolute atomic E-state index is 10.5. The Bertz CT molecular complexity index is 638. The first-order valence-electron chi connectivity index (χ1n) is 7.18. The highest BCUT2D eigenvalue weighted by Gasteiger charge is 2.73. The van der Waals surface area contributed by atoms with Gasteiger partial charge in [-0.05, 0) is 6.92 Å². The number of aromatic hydroxyl groups is 1. The molecule has 23 heavy (non-hydrogen) atoms. The van der Waals surface area contributed by atoms with E-state index in [1.807, 2.05) is 0 Å². The number of aliphatic hydroxyl groups is 4. The summed E-state index contributed by atoms with van der Waals surface area (Å²) in [7, 11) is 0. The van der Waals surface area contributed by atoms with Crippen LogP contribution in [-0.4, -0.2) is 47.9 Å². The lowest BCUT2D eigenvalue weighted by molar-refractivity contribution is -0.637. The SMILES string of the molecule is Cc1ncc(CO)c(C23OC4(O)CC(O)(CC(O)(C4)O2)O3)c1O. The van der Waals surface area contributed by atoms with Gasteiger partial charge in [0, 0.05) is 11.8 Å². The fourth-order valence-corrected chi connectivity index (χ4v) is 3.76. The molecule has 0 spiro atoms. The Hall–Kier alpha value is -1.33. The van der Waals surface area contributed by atoms with E-state index in [0.29, 0.717) is 0 Å². The van der Waals surface area contributed by atoms with Crippen molar-refractivity contribution < 1.29 is 39.7 Å². The number of nitrogens with zero attached hydrogens (tertiary/aromatic N) is 1. The van der Waals surface area contributed by atoms with Gasteiger partial charge < -0.3 is 25.5 Å². The van der Waals surface area contributed by atoms with Crippen LogP contribution in [0, 0.1) is 6.92 Å². The van der Waals surface area contributed by atoms with E-state index in [1.54, 1.807) is 0 Å². The minimum absolute atomic E-state index is 0.117. The van der Waals surface area contributed by atoms with Crippen LogP contribution in [0.2, 0.25) is 0 Å². The molecule has 1 aliphatic carbocycles. The van der Waals surface area contributed by atoms with Crippen molar-refractivity contribution in [3.63, 3.8) is 0 Å². The second-order valence-corrected chi connectivity index (χ2v) is 6.48. The molecule has 1 saturated carbocycles. The van der Waals surface area contributed by atoms with E-state index in [0.717, 1.165) is 0 Å². The molecule has 5 rings (SSSR count). The Kier molecular flexibility index (Phi) is 2.77. The van der Waals surface area contributed by atoms with Crippen molar-refractivity contribution in [3.8, 4) is 5.75 Å². The Labute approximate surface area is 130 Å². The van der Waals surface area contributed by atoms with Crippen LogP contribution in [-0.2, 0) is 26.8 Å². The van der Waals surface area contributed by atoms with Crippen LogP contribution in [0.1, 0.15) is 36.1 Å². The largest absolute Gasteiger partial charge is 0.505 e. The zero-order chi connectivity index (χ0) is 16.7. The molecule has 9 nitrogen and oxygen atoms in total. The molecule has 3 saturated heterocycles. The Balaban J connectivity index is 1.94.